The summed E-state index contributed by atoms with van der Waals surface area (Å²) in [7, 11) is 0. The maximum Gasteiger partial charge on any atom is 0.471 e. The number of rotatable bonds is 3. The van der Waals surface area contributed by atoms with Crippen molar-refractivity contribution < 1.29 is 27.5 Å². The van der Waals surface area contributed by atoms with Gasteiger partial charge in [-0.25, -0.2) is 4.79 Å². The fraction of sp³-hybridized carbons (Fsp3) is 0.571. The summed E-state index contributed by atoms with van der Waals surface area (Å²) in [4.78, 5) is 23.1. The number of ether oxygens (including phenoxy) is 1. The molecule has 116 valence electrons. The van der Waals surface area contributed by atoms with Gasteiger partial charge in [-0.05, 0) is 38.2 Å². The topological polar surface area (TPSA) is 55.4 Å². The maximum atomic E-state index is 12.4. The molecule has 0 unspecified atom stereocenters. The van der Waals surface area contributed by atoms with Crippen LogP contribution in [0.3, 0.4) is 0 Å². The highest BCUT2D eigenvalue weighted by Crippen LogP contribution is 2.40. The first kappa shape index (κ1) is 15.6. The number of hydrogen-bond acceptors (Lipinski definition) is 3. The van der Waals surface area contributed by atoms with Crippen molar-refractivity contribution in [2.45, 2.75) is 45.2 Å². The van der Waals surface area contributed by atoms with Gasteiger partial charge in [0.15, 0.2) is 0 Å². The van der Waals surface area contributed by atoms with Gasteiger partial charge >= 0.3 is 18.1 Å². The van der Waals surface area contributed by atoms with Crippen molar-refractivity contribution in [3.63, 3.8) is 0 Å². The van der Waals surface area contributed by atoms with Crippen molar-refractivity contribution >= 4 is 11.9 Å². The molecule has 1 amide bonds. The van der Waals surface area contributed by atoms with Crippen LogP contribution in [0.15, 0.2) is 22.4 Å². The fourth-order valence-corrected chi connectivity index (χ4v) is 2.71. The number of alkyl halides is 3. The Morgan fingerprint density at radius 2 is 1.90 bits per heavy atom. The number of allylic oxidation sites excluding steroid dienone is 1. The van der Waals surface area contributed by atoms with Crippen molar-refractivity contribution in [1.29, 1.82) is 0 Å². The van der Waals surface area contributed by atoms with Crippen LogP contribution in [0.4, 0.5) is 13.2 Å². The molecule has 2 aliphatic rings. The molecule has 0 saturated carbocycles. The summed E-state index contributed by atoms with van der Waals surface area (Å²) in [6, 6.07) is 0. The molecule has 0 fully saturated rings. The third-order valence-electron chi connectivity index (χ3n) is 3.58. The average Bonchev–Trinajstić information content (AvgIpc) is 2.75. The molecule has 2 aliphatic carbocycles. The van der Waals surface area contributed by atoms with Crippen molar-refractivity contribution in [2.75, 3.05) is 6.61 Å². The lowest BCUT2D eigenvalue weighted by atomic mass is 9.91. The Bertz CT molecular complexity index is 532. The van der Waals surface area contributed by atoms with Crippen molar-refractivity contribution in [1.82, 2.24) is 5.32 Å². The predicted molar refractivity (Wildman–Crippen MR) is 68.0 cm³/mol. The van der Waals surface area contributed by atoms with Crippen LogP contribution in [-0.2, 0) is 14.3 Å². The highest BCUT2D eigenvalue weighted by molar-refractivity contribution is 5.97. The average molecular weight is 303 g/mol. The van der Waals surface area contributed by atoms with Crippen LogP contribution in [0.1, 0.15) is 39.0 Å². The second-order valence-corrected chi connectivity index (χ2v) is 4.99. The van der Waals surface area contributed by atoms with Gasteiger partial charge in [0.1, 0.15) is 0 Å². The van der Waals surface area contributed by atoms with E-state index in [-0.39, 0.29) is 24.3 Å². The zero-order valence-corrected chi connectivity index (χ0v) is 11.6. The van der Waals surface area contributed by atoms with Crippen molar-refractivity contribution in [3.8, 4) is 0 Å². The van der Waals surface area contributed by atoms with Gasteiger partial charge in [0, 0.05) is 12.1 Å². The van der Waals surface area contributed by atoms with Gasteiger partial charge in [-0.1, -0.05) is 5.57 Å². The van der Waals surface area contributed by atoms with Gasteiger partial charge in [-0.3, -0.25) is 4.79 Å². The molecule has 0 atom stereocenters. The van der Waals surface area contributed by atoms with E-state index in [2.05, 4.69) is 0 Å². The van der Waals surface area contributed by atoms with E-state index >= 15 is 0 Å². The smallest absolute Gasteiger partial charge is 0.462 e. The van der Waals surface area contributed by atoms with Crippen LogP contribution in [0.2, 0.25) is 0 Å². The Kier molecular flexibility index (Phi) is 4.39. The molecule has 0 bridgehead atoms. The Balaban J connectivity index is 2.29. The molecule has 0 spiro atoms. The monoisotopic (exact) mass is 303 g/mol. The summed E-state index contributed by atoms with van der Waals surface area (Å²) in [6.07, 6.45) is -1.60. The number of halogens is 3. The van der Waals surface area contributed by atoms with Gasteiger partial charge in [-0.15, -0.1) is 0 Å². The summed E-state index contributed by atoms with van der Waals surface area (Å²) in [5.74, 6) is -2.72. The molecule has 0 aromatic carbocycles. The number of hydrogen-bond donors (Lipinski definition) is 1. The van der Waals surface area contributed by atoms with E-state index < -0.39 is 18.1 Å². The minimum atomic E-state index is -4.98. The lowest BCUT2D eigenvalue weighted by molar-refractivity contribution is -0.172. The van der Waals surface area contributed by atoms with Crippen LogP contribution >= 0.6 is 0 Å². The molecule has 21 heavy (non-hydrogen) atoms. The van der Waals surface area contributed by atoms with E-state index in [9.17, 15) is 22.8 Å². The SMILES string of the molecule is CCOC(=O)C1=C(NC(=O)C(F)(F)F)CC2=C1CCCC2. The lowest BCUT2D eigenvalue weighted by Crippen LogP contribution is -2.36. The molecule has 7 heteroatoms. The van der Waals surface area contributed by atoms with E-state index in [0.29, 0.717) is 6.42 Å². The number of esters is 1. The lowest BCUT2D eigenvalue weighted by Gasteiger charge is -2.15. The third kappa shape index (κ3) is 3.28. The summed E-state index contributed by atoms with van der Waals surface area (Å²) in [6.45, 7) is 1.75. The summed E-state index contributed by atoms with van der Waals surface area (Å²) >= 11 is 0. The van der Waals surface area contributed by atoms with E-state index in [1.807, 2.05) is 5.32 Å². The normalized spacial score (nSPS) is 18.7. The maximum absolute atomic E-state index is 12.4. The molecule has 0 radical (unpaired) electrons. The van der Waals surface area contributed by atoms with Crippen molar-refractivity contribution in [2.24, 2.45) is 0 Å². The molecule has 0 saturated heterocycles. The van der Waals surface area contributed by atoms with E-state index in [1.54, 1.807) is 6.92 Å². The van der Waals surface area contributed by atoms with Crippen LogP contribution in [-0.4, -0.2) is 24.7 Å². The largest absolute Gasteiger partial charge is 0.471 e. The van der Waals surface area contributed by atoms with E-state index in [4.69, 9.17) is 4.74 Å². The number of carbonyl (C=O) groups is 2. The molecular weight excluding hydrogens is 287 g/mol. The molecule has 0 aromatic rings. The van der Waals surface area contributed by atoms with Crippen LogP contribution in [0.5, 0.6) is 0 Å². The Morgan fingerprint density at radius 3 is 2.52 bits per heavy atom. The quantitative estimate of drug-likeness (QED) is 0.816. The second kappa shape index (κ2) is 5.91. The number of carbonyl (C=O) groups excluding carboxylic acids is 2. The van der Waals surface area contributed by atoms with E-state index in [0.717, 1.165) is 30.4 Å². The van der Waals surface area contributed by atoms with Gasteiger partial charge in [0.05, 0.1) is 12.2 Å². The third-order valence-corrected chi connectivity index (χ3v) is 3.58. The van der Waals surface area contributed by atoms with Crippen LogP contribution in [0, 0.1) is 0 Å². The second-order valence-electron chi connectivity index (χ2n) is 4.99. The Labute approximate surface area is 120 Å². The van der Waals surface area contributed by atoms with Crippen LogP contribution < -0.4 is 5.32 Å². The summed E-state index contributed by atoms with van der Waals surface area (Å²) in [5, 5.41) is 1.84. The van der Waals surface area contributed by atoms with Crippen LogP contribution in [0.25, 0.3) is 0 Å². The fourth-order valence-electron chi connectivity index (χ4n) is 2.71. The summed E-state index contributed by atoms with van der Waals surface area (Å²) < 4.78 is 42.1. The predicted octanol–water partition coefficient (Wildman–Crippen LogP) is 2.76. The minimum absolute atomic E-state index is 0.0164. The molecular formula is C14H16F3NO3. The number of amides is 1. The summed E-state index contributed by atoms with van der Waals surface area (Å²) in [5.41, 5.74) is 1.81. The first-order chi connectivity index (χ1) is 9.84. The molecule has 4 nitrogen and oxygen atoms in total. The zero-order chi connectivity index (χ0) is 15.6. The molecule has 0 aromatic heterocycles. The van der Waals surface area contributed by atoms with Gasteiger partial charge < -0.3 is 10.1 Å². The van der Waals surface area contributed by atoms with Gasteiger partial charge in [0.2, 0.25) is 0 Å². The Morgan fingerprint density at radius 1 is 1.24 bits per heavy atom. The first-order valence-corrected chi connectivity index (χ1v) is 6.84. The van der Waals surface area contributed by atoms with Crippen molar-refractivity contribution in [3.05, 3.63) is 22.4 Å². The standard InChI is InChI=1S/C14H16F3NO3/c1-2-21-12(19)11-9-6-4-3-5-8(9)7-10(11)18-13(20)14(15,16)17/h2-7H2,1H3,(H,18,20). The number of nitrogens with one attached hydrogen (secondary N) is 1. The molecule has 2 rings (SSSR count). The first-order valence-electron chi connectivity index (χ1n) is 6.84. The zero-order valence-electron chi connectivity index (χ0n) is 11.6. The Hall–Kier alpha value is -1.79. The van der Waals surface area contributed by atoms with Gasteiger partial charge in [0.25, 0.3) is 0 Å². The molecule has 0 heterocycles. The highest BCUT2D eigenvalue weighted by Gasteiger charge is 2.41. The van der Waals surface area contributed by atoms with Gasteiger partial charge in [-0.2, -0.15) is 13.2 Å². The molecule has 0 aliphatic heterocycles. The molecule has 1 N–H and O–H groups in total. The minimum Gasteiger partial charge on any atom is -0.462 e. The van der Waals surface area contributed by atoms with E-state index in [1.165, 1.54) is 0 Å². The highest BCUT2D eigenvalue weighted by atomic mass is 19.4.